The maximum Gasteiger partial charge on any atom is 0.298 e. The molecule has 0 aliphatic rings. The monoisotopic (exact) mass is 438 g/mol. The molecule has 0 spiro atoms. The van der Waals surface area contributed by atoms with Crippen LogP contribution in [0.15, 0.2) is 60.8 Å². The number of para-hydroxylation sites is 2. The van der Waals surface area contributed by atoms with E-state index < -0.39 is 11.7 Å². The number of carbonyl (C=O) groups excluding carboxylic acids is 2. The molecule has 2 heterocycles. The summed E-state index contributed by atoms with van der Waals surface area (Å²) >= 11 is 2.92. The Morgan fingerprint density at radius 1 is 1.07 bits per heavy atom. The molecule has 2 N–H and O–H groups in total. The van der Waals surface area contributed by atoms with Crippen LogP contribution in [0.5, 0.6) is 5.75 Å². The Kier molecular flexibility index (Phi) is 6.41. The molecule has 0 saturated carbocycles. The number of rotatable bonds is 9. The van der Waals surface area contributed by atoms with Crippen molar-refractivity contribution in [1.82, 2.24) is 15.2 Å². The number of hydrogen-bond donors (Lipinski definition) is 2. The topological polar surface area (TPSA) is 97.0 Å². The summed E-state index contributed by atoms with van der Waals surface area (Å²) in [7, 11) is 0. The minimum atomic E-state index is -0.730. The molecule has 0 atom stereocenters. The maximum absolute atomic E-state index is 12.5. The first-order valence-electron chi connectivity index (χ1n) is 9.20. The second kappa shape index (κ2) is 9.55. The summed E-state index contributed by atoms with van der Waals surface area (Å²) in [5.41, 5.74) is 1.14. The Balaban J connectivity index is 1.25. The normalized spacial score (nSPS) is 10.8. The van der Waals surface area contributed by atoms with Gasteiger partial charge >= 0.3 is 0 Å². The van der Waals surface area contributed by atoms with Gasteiger partial charge in [-0.3, -0.25) is 14.9 Å². The number of anilines is 1. The van der Waals surface area contributed by atoms with Crippen LogP contribution in [0.4, 0.5) is 5.13 Å². The summed E-state index contributed by atoms with van der Waals surface area (Å²) in [6, 6.07) is 17.0. The van der Waals surface area contributed by atoms with Crippen LogP contribution in [0.2, 0.25) is 0 Å². The average molecular weight is 439 g/mol. The molecule has 2 aromatic carbocycles. The van der Waals surface area contributed by atoms with Crippen LogP contribution < -0.4 is 10.1 Å². The zero-order valence-electron chi connectivity index (χ0n) is 15.8. The van der Waals surface area contributed by atoms with Crippen molar-refractivity contribution in [2.24, 2.45) is 0 Å². The lowest BCUT2D eigenvalue weighted by Gasteiger charge is -2.04. The van der Waals surface area contributed by atoms with Gasteiger partial charge in [0.15, 0.2) is 0 Å². The van der Waals surface area contributed by atoms with Crippen molar-refractivity contribution in [2.75, 3.05) is 17.7 Å². The number of ether oxygens (including phenoxy) is 1. The number of aromatic nitrogens is 3. The molecule has 4 rings (SSSR count). The van der Waals surface area contributed by atoms with E-state index in [-0.39, 0.29) is 0 Å². The van der Waals surface area contributed by atoms with Crippen molar-refractivity contribution in [2.45, 2.75) is 5.75 Å². The third-order valence-corrected chi connectivity index (χ3v) is 6.15. The van der Waals surface area contributed by atoms with Gasteiger partial charge in [-0.25, -0.2) is 0 Å². The lowest BCUT2D eigenvalue weighted by molar-refractivity contribution is -0.112. The highest BCUT2D eigenvalue weighted by Gasteiger charge is 2.21. The number of nitrogens with one attached hydrogen (secondary N) is 2. The molecular weight excluding hydrogens is 420 g/mol. The molecule has 0 saturated heterocycles. The average Bonchev–Trinajstić information content (AvgIpc) is 3.40. The van der Waals surface area contributed by atoms with E-state index in [0.717, 1.165) is 22.0 Å². The summed E-state index contributed by atoms with van der Waals surface area (Å²) in [6.45, 7) is 0.593. The van der Waals surface area contributed by atoms with Gasteiger partial charge < -0.3 is 9.72 Å². The van der Waals surface area contributed by atoms with Gasteiger partial charge in [-0.1, -0.05) is 47.7 Å². The van der Waals surface area contributed by atoms with Gasteiger partial charge in [-0.05, 0) is 18.2 Å². The zero-order valence-corrected chi connectivity index (χ0v) is 17.5. The molecule has 0 aliphatic heterocycles. The fraction of sp³-hybridized carbons (Fsp3) is 0.143. The first kappa shape index (κ1) is 20.1. The number of ketones is 1. The maximum atomic E-state index is 12.5. The first-order valence-corrected chi connectivity index (χ1v) is 11.2. The molecule has 0 bridgehead atoms. The summed E-state index contributed by atoms with van der Waals surface area (Å²) in [5.74, 6) is 0.957. The van der Waals surface area contributed by atoms with E-state index in [9.17, 15) is 9.59 Å². The van der Waals surface area contributed by atoms with E-state index in [4.69, 9.17) is 4.74 Å². The summed E-state index contributed by atoms with van der Waals surface area (Å²) in [6.07, 6.45) is 1.55. The largest absolute Gasteiger partial charge is 0.493 e. The number of fused-ring (bicyclic) bond motifs is 1. The van der Waals surface area contributed by atoms with Crippen LogP contribution in [0, 0.1) is 0 Å². The molecule has 1 amide bonds. The molecule has 152 valence electrons. The number of amides is 1. The molecular formula is C21H18N4O3S2. The van der Waals surface area contributed by atoms with Crippen LogP contribution in [0.1, 0.15) is 15.4 Å². The number of carbonyl (C=O) groups is 2. The second-order valence-corrected chi connectivity index (χ2v) is 8.41. The number of hydrogen-bond acceptors (Lipinski definition) is 7. The van der Waals surface area contributed by atoms with E-state index in [1.54, 1.807) is 24.0 Å². The van der Waals surface area contributed by atoms with Gasteiger partial charge in [0.2, 0.25) is 5.13 Å². The summed E-state index contributed by atoms with van der Waals surface area (Å²) in [5, 5.41) is 12.4. The van der Waals surface area contributed by atoms with Crippen molar-refractivity contribution in [3.63, 3.8) is 0 Å². The number of aromatic amines is 1. The molecule has 7 nitrogen and oxygen atoms in total. The standard InChI is InChI=1S/C21H18N4O3S2/c26-19(16-12-22-17-9-5-4-8-15(16)17)20(27)23-21-25-24-18(30-21)13-29-11-10-28-14-6-2-1-3-7-14/h1-9,12,22H,10-11,13H2,(H,23,25,27). The van der Waals surface area contributed by atoms with Crippen LogP contribution >= 0.6 is 23.1 Å². The van der Waals surface area contributed by atoms with E-state index in [1.807, 2.05) is 48.5 Å². The molecule has 0 unspecified atom stereocenters. The van der Waals surface area contributed by atoms with E-state index in [1.165, 1.54) is 11.3 Å². The molecule has 0 radical (unpaired) electrons. The van der Waals surface area contributed by atoms with E-state index in [0.29, 0.717) is 28.4 Å². The Morgan fingerprint density at radius 3 is 2.73 bits per heavy atom. The fourth-order valence-electron chi connectivity index (χ4n) is 2.79. The van der Waals surface area contributed by atoms with Crippen molar-refractivity contribution in [1.29, 1.82) is 0 Å². The number of benzene rings is 2. The second-order valence-electron chi connectivity index (χ2n) is 6.25. The van der Waals surface area contributed by atoms with Crippen LogP contribution in [0.3, 0.4) is 0 Å². The highest BCUT2D eigenvalue weighted by Crippen LogP contribution is 2.22. The quantitative estimate of drug-likeness (QED) is 0.231. The third kappa shape index (κ3) is 4.87. The zero-order chi connectivity index (χ0) is 20.8. The highest BCUT2D eigenvalue weighted by molar-refractivity contribution is 7.98. The number of Topliss-reactive ketones (excluding diaryl/α,β-unsaturated/α-hetero) is 1. The molecule has 2 aromatic heterocycles. The number of nitrogens with zero attached hydrogens (tertiary/aromatic N) is 2. The lowest BCUT2D eigenvalue weighted by Crippen LogP contribution is -2.22. The Hall–Kier alpha value is -3.17. The predicted molar refractivity (Wildman–Crippen MR) is 119 cm³/mol. The minimum absolute atomic E-state index is 0.310. The van der Waals surface area contributed by atoms with Gasteiger partial charge in [0.1, 0.15) is 10.8 Å². The van der Waals surface area contributed by atoms with Gasteiger partial charge in [0.25, 0.3) is 11.7 Å². The minimum Gasteiger partial charge on any atom is -0.493 e. The van der Waals surface area contributed by atoms with Crippen molar-refractivity contribution in [3.05, 3.63) is 71.4 Å². The number of thioether (sulfide) groups is 1. The van der Waals surface area contributed by atoms with Gasteiger partial charge in [0, 0.05) is 28.6 Å². The van der Waals surface area contributed by atoms with E-state index >= 15 is 0 Å². The van der Waals surface area contributed by atoms with Gasteiger partial charge in [0.05, 0.1) is 12.2 Å². The smallest absolute Gasteiger partial charge is 0.298 e. The molecule has 9 heteroatoms. The van der Waals surface area contributed by atoms with E-state index in [2.05, 4.69) is 20.5 Å². The Labute approximate surface area is 180 Å². The molecule has 30 heavy (non-hydrogen) atoms. The van der Waals surface area contributed by atoms with Crippen LogP contribution in [0.25, 0.3) is 10.9 Å². The predicted octanol–water partition coefficient (Wildman–Crippen LogP) is 4.15. The van der Waals surface area contributed by atoms with Crippen molar-refractivity contribution >= 4 is 50.8 Å². The number of H-pyrrole nitrogens is 1. The van der Waals surface area contributed by atoms with Crippen molar-refractivity contribution < 1.29 is 14.3 Å². The lowest BCUT2D eigenvalue weighted by atomic mass is 10.1. The van der Waals surface area contributed by atoms with Gasteiger partial charge in [-0.2, -0.15) is 11.8 Å². The molecule has 0 fully saturated rings. The van der Waals surface area contributed by atoms with Crippen LogP contribution in [-0.4, -0.2) is 39.2 Å². The summed E-state index contributed by atoms with van der Waals surface area (Å²) in [4.78, 5) is 27.8. The van der Waals surface area contributed by atoms with Crippen LogP contribution in [-0.2, 0) is 10.5 Å². The first-order chi connectivity index (χ1) is 14.7. The fourth-order valence-corrected chi connectivity index (χ4v) is 4.39. The Morgan fingerprint density at radius 2 is 1.87 bits per heavy atom. The molecule has 4 aromatic rings. The highest BCUT2D eigenvalue weighted by atomic mass is 32.2. The SMILES string of the molecule is O=C(Nc1nnc(CSCCOc2ccccc2)s1)C(=O)c1c[nH]c2ccccc12. The third-order valence-electron chi connectivity index (χ3n) is 4.19. The summed E-state index contributed by atoms with van der Waals surface area (Å²) < 4.78 is 5.64. The van der Waals surface area contributed by atoms with Crippen molar-refractivity contribution in [3.8, 4) is 5.75 Å². The Bertz CT molecular complexity index is 1160. The van der Waals surface area contributed by atoms with Gasteiger partial charge in [-0.15, -0.1) is 10.2 Å². The molecule has 0 aliphatic carbocycles.